The highest BCUT2D eigenvalue weighted by Gasteiger charge is 2.41. The molecule has 1 unspecified atom stereocenters. The smallest absolute Gasteiger partial charge is 0.242 e. The number of amides is 1. The van der Waals surface area contributed by atoms with Gasteiger partial charge in [0, 0.05) is 11.8 Å². The topological polar surface area (TPSA) is 55.1 Å². The molecular formula is C6H10F2N2O. The lowest BCUT2D eigenvalue weighted by Gasteiger charge is -2.33. The van der Waals surface area contributed by atoms with Gasteiger partial charge < -0.3 is 0 Å². The molecule has 3 N–H and O–H groups in total. The Morgan fingerprint density at radius 3 is 2.45 bits per heavy atom. The Labute approximate surface area is 62.9 Å². The molecule has 1 aliphatic rings. The third-order valence-electron chi connectivity index (χ3n) is 2.13. The van der Waals surface area contributed by atoms with Crippen LogP contribution in [0.3, 0.4) is 0 Å². The zero-order valence-corrected chi connectivity index (χ0v) is 5.89. The molecule has 11 heavy (non-hydrogen) atoms. The summed E-state index contributed by atoms with van der Waals surface area (Å²) >= 11 is 0. The van der Waals surface area contributed by atoms with Crippen molar-refractivity contribution >= 4 is 5.91 Å². The van der Waals surface area contributed by atoms with Crippen molar-refractivity contribution < 1.29 is 13.6 Å². The summed E-state index contributed by atoms with van der Waals surface area (Å²) in [6.07, 6.45) is -1.45. The summed E-state index contributed by atoms with van der Waals surface area (Å²) in [6, 6.07) is 0. The highest BCUT2D eigenvalue weighted by atomic mass is 19.3. The number of hydrogen-bond acceptors (Lipinski definition) is 2. The van der Waals surface area contributed by atoms with Crippen molar-refractivity contribution in [1.82, 2.24) is 5.43 Å². The Hall–Kier alpha value is -0.710. The number of hydrogen-bond donors (Lipinski definition) is 2. The van der Waals surface area contributed by atoms with Gasteiger partial charge in [-0.1, -0.05) is 0 Å². The molecule has 1 fully saturated rings. The molecule has 5 heteroatoms. The number of carbonyl (C=O) groups is 1. The fourth-order valence-corrected chi connectivity index (χ4v) is 1.26. The second kappa shape index (κ2) is 3.13. The van der Waals surface area contributed by atoms with E-state index in [1.165, 1.54) is 0 Å². The van der Waals surface area contributed by atoms with E-state index in [-0.39, 0.29) is 0 Å². The quantitative estimate of drug-likeness (QED) is 0.349. The monoisotopic (exact) mass is 164 g/mol. The molecule has 64 valence electrons. The molecule has 0 aliphatic heterocycles. The van der Waals surface area contributed by atoms with Crippen molar-refractivity contribution in [3.8, 4) is 0 Å². The van der Waals surface area contributed by atoms with Gasteiger partial charge in [0.15, 0.2) is 0 Å². The molecule has 1 amide bonds. The Morgan fingerprint density at radius 2 is 2.18 bits per heavy atom. The second-order valence-electron chi connectivity index (χ2n) is 2.69. The van der Waals surface area contributed by atoms with E-state index in [4.69, 9.17) is 5.84 Å². The van der Waals surface area contributed by atoms with Gasteiger partial charge in [-0.3, -0.25) is 10.2 Å². The molecule has 1 aliphatic carbocycles. The van der Waals surface area contributed by atoms with Gasteiger partial charge >= 0.3 is 0 Å². The van der Waals surface area contributed by atoms with Crippen molar-refractivity contribution in [3.63, 3.8) is 0 Å². The molecule has 0 aromatic heterocycles. The molecule has 1 rings (SSSR count). The lowest BCUT2D eigenvalue weighted by atomic mass is 9.73. The molecule has 2 atom stereocenters. The zero-order valence-electron chi connectivity index (χ0n) is 5.89. The van der Waals surface area contributed by atoms with Crippen LogP contribution in [0.2, 0.25) is 0 Å². The Morgan fingerprint density at radius 1 is 1.55 bits per heavy atom. The summed E-state index contributed by atoms with van der Waals surface area (Å²) < 4.78 is 24.0. The van der Waals surface area contributed by atoms with Crippen LogP contribution in [0.25, 0.3) is 0 Å². The van der Waals surface area contributed by atoms with E-state index in [1.807, 2.05) is 5.43 Å². The first-order valence-electron chi connectivity index (χ1n) is 3.45. The van der Waals surface area contributed by atoms with E-state index < -0.39 is 24.2 Å². The summed E-state index contributed by atoms with van der Waals surface area (Å²) in [4.78, 5) is 10.7. The average molecular weight is 164 g/mol. The average Bonchev–Trinajstić information content (AvgIpc) is 1.83. The minimum absolute atomic E-state index is 0.426. The molecule has 0 heterocycles. The molecule has 0 radical (unpaired) electrons. The predicted octanol–water partition coefficient (Wildman–Crippen LogP) is 0.268. The fraction of sp³-hybridized carbons (Fsp3) is 0.833. The van der Waals surface area contributed by atoms with Crippen LogP contribution in [0, 0.1) is 11.8 Å². The first-order valence-corrected chi connectivity index (χ1v) is 3.45. The van der Waals surface area contributed by atoms with Gasteiger partial charge in [-0.05, 0) is 12.8 Å². The molecule has 3 nitrogen and oxygen atoms in total. The number of nitrogens with one attached hydrogen (secondary N) is 1. The molecule has 0 saturated heterocycles. The lowest BCUT2D eigenvalue weighted by molar-refractivity contribution is -0.135. The Kier molecular flexibility index (Phi) is 2.38. The van der Waals surface area contributed by atoms with E-state index in [2.05, 4.69) is 0 Å². The van der Waals surface area contributed by atoms with E-state index in [1.54, 1.807) is 0 Å². The van der Waals surface area contributed by atoms with Gasteiger partial charge in [0.05, 0.1) is 0 Å². The SMILES string of the molecule is NNC(=O)[C@H]1CCC1C(F)F. The van der Waals surface area contributed by atoms with Crippen LogP contribution in [0.5, 0.6) is 0 Å². The third-order valence-corrected chi connectivity index (χ3v) is 2.13. The first-order chi connectivity index (χ1) is 5.16. The minimum atomic E-state index is -2.40. The highest BCUT2D eigenvalue weighted by molar-refractivity contribution is 5.79. The number of carbonyl (C=O) groups excluding carboxylic acids is 1. The van der Waals surface area contributed by atoms with Crippen LogP contribution in [-0.2, 0) is 4.79 Å². The molecule has 0 aromatic rings. The normalized spacial score (nSPS) is 29.8. The predicted molar refractivity (Wildman–Crippen MR) is 34.5 cm³/mol. The summed E-state index contributed by atoms with van der Waals surface area (Å²) in [5.41, 5.74) is 1.88. The largest absolute Gasteiger partial charge is 0.294 e. The molecule has 0 spiro atoms. The van der Waals surface area contributed by atoms with Crippen molar-refractivity contribution in [2.75, 3.05) is 0 Å². The summed E-state index contributed by atoms with van der Waals surface area (Å²) in [7, 11) is 0. The van der Waals surface area contributed by atoms with Gasteiger partial charge in [-0.15, -0.1) is 0 Å². The number of nitrogens with two attached hydrogens (primary N) is 1. The van der Waals surface area contributed by atoms with Gasteiger partial charge in [0.25, 0.3) is 0 Å². The van der Waals surface area contributed by atoms with Crippen molar-refractivity contribution in [3.05, 3.63) is 0 Å². The van der Waals surface area contributed by atoms with Gasteiger partial charge in [-0.25, -0.2) is 14.6 Å². The van der Waals surface area contributed by atoms with Gasteiger partial charge in [0.1, 0.15) is 0 Å². The van der Waals surface area contributed by atoms with E-state index in [0.29, 0.717) is 12.8 Å². The summed E-state index contributed by atoms with van der Waals surface area (Å²) in [5.74, 6) is 2.98. The molecule has 1 saturated carbocycles. The maximum absolute atomic E-state index is 12.0. The third kappa shape index (κ3) is 1.48. The van der Waals surface area contributed by atoms with E-state index in [0.717, 1.165) is 0 Å². The van der Waals surface area contributed by atoms with Crippen molar-refractivity contribution in [1.29, 1.82) is 0 Å². The Balaban J connectivity index is 2.43. The standard InChI is InChI=1S/C6H10F2N2O/c7-5(8)3-1-2-4(3)6(11)10-9/h3-5H,1-2,9H2,(H,10,11)/t3?,4-/m0/s1. The van der Waals surface area contributed by atoms with Gasteiger partial charge in [-0.2, -0.15) is 0 Å². The number of alkyl halides is 2. The molecule has 0 aromatic carbocycles. The van der Waals surface area contributed by atoms with E-state index in [9.17, 15) is 13.6 Å². The minimum Gasteiger partial charge on any atom is -0.294 e. The number of hydrazine groups is 1. The van der Waals surface area contributed by atoms with Crippen LogP contribution in [-0.4, -0.2) is 12.3 Å². The van der Waals surface area contributed by atoms with Gasteiger partial charge in [0.2, 0.25) is 12.3 Å². The number of halogens is 2. The van der Waals surface area contributed by atoms with Crippen LogP contribution in [0.1, 0.15) is 12.8 Å². The maximum Gasteiger partial charge on any atom is 0.242 e. The van der Waals surface area contributed by atoms with Crippen LogP contribution in [0.4, 0.5) is 8.78 Å². The summed E-state index contributed by atoms with van der Waals surface area (Å²) in [5, 5.41) is 0. The zero-order chi connectivity index (χ0) is 8.43. The van der Waals surface area contributed by atoms with Crippen LogP contribution < -0.4 is 11.3 Å². The molecular weight excluding hydrogens is 154 g/mol. The fourth-order valence-electron chi connectivity index (χ4n) is 1.26. The summed E-state index contributed by atoms with van der Waals surface area (Å²) in [6.45, 7) is 0. The highest BCUT2D eigenvalue weighted by Crippen LogP contribution is 2.38. The van der Waals surface area contributed by atoms with Crippen LogP contribution in [0.15, 0.2) is 0 Å². The first kappa shape index (κ1) is 8.39. The second-order valence-corrected chi connectivity index (χ2v) is 2.69. The number of rotatable bonds is 2. The molecule has 0 bridgehead atoms. The van der Waals surface area contributed by atoms with Crippen molar-refractivity contribution in [2.24, 2.45) is 17.7 Å². The maximum atomic E-state index is 12.0. The Bertz CT molecular complexity index is 163. The van der Waals surface area contributed by atoms with Crippen LogP contribution >= 0.6 is 0 Å². The van der Waals surface area contributed by atoms with Crippen molar-refractivity contribution in [2.45, 2.75) is 19.3 Å². The lowest BCUT2D eigenvalue weighted by Crippen LogP contribution is -2.45. The van der Waals surface area contributed by atoms with E-state index >= 15 is 0 Å².